The van der Waals surface area contributed by atoms with Crippen LogP contribution in [0.15, 0.2) is 74.6 Å². The molecule has 0 saturated heterocycles. The highest BCUT2D eigenvalue weighted by molar-refractivity contribution is 9.10. The van der Waals surface area contributed by atoms with Crippen LogP contribution in [0.5, 0.6) is 0 Å². The van der Waals surface area contributed by atoms with Crippen molar-refractivity contribution in [1.29, 1.82) is 0 Å². The second-order valence-corrected chi connectivity index (χ2v) is 8.70. The molecule has 8 heteroatoms. The van der Waals surface area contributed by atoms with Gasteiger partial charge >= 0.3 is 0 Å². The van der Waals surface area contributed by atoms with Crippen LogP contribution < -0.4 is 4.80 Å². The van der Waals surface area contributed by atoms with Gasteiger partial charge in [0.15, 0.2) is 0 Å². The van der Waals surface area contributed by atoms with Crippen LogP contribution in [-0.2, 0) is 0 Å². The SMILES string of the molecule is C=C(C)CN=c1scc(-c2cccc(Br)c2)n1N=C(C)c1ccc(C)c([N+](=O)[O-])c1. The van der Waals surface area contributed by atoms with Crippen molar-refractivity contribution in [3.8, 4) is 11.3 Å². The molecule has 0 fully saturated rings. The van der Waals surface area contributed by atoms with Gasteiger partial charge in [-0.3, -0.25) is 15.1 Å². The van der Waals surface area contributed by atoms with Crippen LogP contribution in [0, 0.1) is 17.0 Å². The minimum Gasteiger partial charge on any atom is -0.258 e. The number of aryl methyl sites for hydroxylation is 1. The number of benzene rings is 2. The normalized spacial score (nSPS) is 12.3. The van der Waals surface area contributed by atoms with Crippen molar-refractivity contribution in [1.82, 2.24) is 4.68 Å². The zero-order valence-corrected chi connectivity index (χ0v) is 19.3. The quantitative estimate of drug-likeness (QED) is 0.188. The van der Waals surface area contributed by atoms with E-state index in [0.717, 1.165) is 26.1 Å². The molecule has 0 aliphatic heterocycles. The van der Waals surface area contributed by atoms with E-state index in [2.05, 4.69) is 27.5 Å². The summed E-state index contributed by atoms with van der Waals surface area (Å²) in [6, 6.07) is 13.1. The molecule has 0 unspecified atom stereocenters. The van der Waals surface area contributed by atoms with Gasteiger partial charge in [-0.25, -0.2) is 4.68 Å². The molecule has 2 aromatic carbocycles. The number of rotatable bonds is 6. The number of hydrogen-bond donors (Lipinski definition) is 0. The van der Waals surface area contributed by atoms with Gasteiger partial charge in [0, 0.05) is 32.6 Å². The molecule has 0 aliphatic carbocycles. The largest absolute Gasteiger partial charge is 0.272 e. The van der Waals surface area contributed by atoms with Crippen molar-refractivity contribution in [2.45, 2.75) is 20.8 Å². The van der Waals surface area contributed by atoms with E-state index in [1.54, 1.807) is 23.7 Å². The number of nitro groups is 1. The van der Waals surface area contributed by atoms with Crippen molar-refractivity contribution in [2.24, 2.45) is 10.1 Å². The first kappa shape index (κ1) is 21.9. The Bertz CT molecular complexity index is 1220. The third kappa shape index (κ3) is 5.01. The zero-order chi connectivity index (χ0) is 21.8. The molecule has 0 aliphatic rings. The van der Waals surface area contributed by atoms with Crippen LogP contribution in [0.2, 0.25) is 0 Å². The number of thiazole rings is 1. The van der Waals surface area contributed by atoms with Gasteiger partial charge in [-0.1, -0.05) is 52.3 Å². The van der Waals surface area contributed by atoms with Crippen molar-refractivity contribution in [3.63, 3.8) is 0 Å². The van der Waals surface area contributed by atoms with Crippen molar-refractivity contribution < 1.29 is 4.92 Å². The summed E-state index contributed by atoms with van der Waals surface area (Å²) in [6.07, 6.45) is 0. The minimum absolute atomic E-state index is 0.0803. The monoisotopic (exact) mass is 484 g/mol. The summed E-state index contributed by atoms with van der Waals surface area (Å²) in [5, 5.41) is 18.1. The molecule has 0 amide bonds. The highest BCUT2D eigenvalue weighted by atomic mass is 79.9. The third-order valence-corrected chi connectivity index (χ3v) is 5.71. The lowest BCUT2D eigenvalue weighted by Crippen LogP contribution is -2.15. The number of halogens is 1. The molecule has 30 heavy (non-hydrogen) atoms. The zero-order valence-electron chi connectivity index (χ0n) is 16.9. The maximum Gasteiger partial charge on any atom is 0.272 e. The van der Waals surface area contributed by atoms with Gasteiger partial charge < -0.3 is 0 Å². The van der Waals surface area contributed by atoms with E-state index >= 15 is 0 Å². The third-order valence-electron chi connectivity index (χ3n) is 4.36. The lowest BCUT2D eigenvalue weighted by atomic mass is 10.1. The fourth-order valence-electron chi connectivity index (χ4n) is 2.79. The summed E-state index contributed by atoms with van der Waals surface area (Å²) in [5.41, 5.74) is 4.88. The maximum absolute atomic E-state index is 11.3. The van der Waals surface area contributed by atoms with Gasteiger partial charge in [-0.05, 0) is 32.9 Å². The van der Waals surface area contributed by atoms with E-state index < -0.39 is 0 Å². The van der Waals surface area contributed by atoms with Crippen LogP contribution in [0.3, 0.4) is 0 Å². The molecule has 0 atom stereocenters. The molecular formula is C22H21BrN4O2S. The van der Waals surface area contributed by atoms with Crippen molar-refractivity contribution in [2.75, 3.05) is 6.54 Å². The first-order valence-corrected chi connectivity index (χ1v) is 10.9. The number of nitrogens with zero attached hydrogens (tertiary/aromatic N) is 4. The van der Waals surface area contributed by atoms with E-state index in [1.807, 2.05) is 49.6 Å². The van der Waals surface area contributed by atoms with Gasteiger partial charge in [0.1, 0.15) is 0 Å². The average molecular weight is 485 g/mol. The lowest BCUT2D eigenvalue weighted by molar-refractivity contribution is -0.385. The second kappa shape index (κ2) is 9.32. The van der Waals surface area contributed by atoms with Crippen LogP contribution in [0.25, 0.3) is 11.3 Å². The predicted molar refractivity (Wildman–Crippen MR) is 126 cm³/mol. The molecule has 0 radical (unpaired) electrons. The standard InChI is InChI=1S/C22H21BrN4O2S/c1-14(2)12-24-22-26(21(13-30-22)18-6-5-7-19(23)10-18)25-16(4)17-9-8-15(3)20(11-17)27(28)29/h5-11,13H,1,12H2,2-4H3. The number of nitro benzene ring substituents is 1. The van der Waals surface area contributed by atoms with Crippen molar-refractivity contribution >= 4 is 38.7 Å². The van der Waals surface area contributed by atoms with E-state index in [0.29, 0.717) is 23.4 Å². The summed E-state index contributed by atoms with van der Waals surface area (Å²) >= 11 is 5.01. The summed E-state index contributed by atoms with van der Waals surface area (Å²) < 4.78 is 2.75. The first-order chi connectivity index (χ1) is 14.3. The Kier molecular flexibility index (Phi) is 6.79. The smallest absolute Gasteiger partial charge is 0.258 e. The summed E-state index contributed by atoms with van der Waals surface area (Å²) in [5.74, 6) is 0. The molecule has 3 rings (SSSR count). The molecule has 0 spiro atoms. The molecular weight excluding hydrogens is 464 g/mol. The first-order valence-electron chi connectivity index (χ1n) is 9.18. The fourth-order valence-corrected chi connectivity index (χ4v) is 4.02. The van der Waals surface area contributed by atoms with Gasteiger partial charge in [0.2, 0.25) is 4.80 Å². The Labute approximate surface area is 187 Å². The summed E-state index contributed by atoms with van der Waals surface area (Å²) in [7, 11) is 0. The molecule has 1 heterocycles. The Hall–Kier alpha value is -2.84. The Balaban J connectivity index is 2.16. The van der Waals surface area contributed by atoms with Gasteiger partial charge in [-0.15, -0.1) is 11.3 Å². The summed E-state index contributed by atoms with van der Waals surface area (Å²) in [6.45, 7) is 9.91. The summed E-state index contributed by atoms with van der Waals surface area (Å²) in [4.78, 5) is 16.3. The van der Waals surface area contributed by atoms with E-state index in [-0.39, 0.29) is 10.6 Å². The maximum atomic E-state index is 11.3. The molecule has 3 aromatic rings. The predicted octanol–water partition coefficient (Wildman–Crippen LogP) is 5.94. The Morgan fingerprint density at radius 3 is 2.70 bits per heavy atom. The lowest BCUT2D eigenvalue weighted by Gasteiger charge is -2.07. The Morgan fingerprint density at radius 1 is 1.27 bits per heavy atom. The van der Waals surface area contributed by atoms with Crippen LogP contribution in [-0.4, -0.2) is 21.9 Å². The van der Waals surface area contributed by atoms with E-state index in [1.165, 1.54) is 11.3 Å². The molecule has 0 bridgehead atoms. The molecule has 154 valence electrons. The highest BCUT2D eigenvalue weighted by Gasteiger charge is 2.14. The van der Waals surface area contributed by atoms with Crippen LogP contribution in [0.1, 0.15) is 25.0 Å². The highest BCUT2D eigenvalue weighted by Crippen LogP contribution is 2.24. The molecule has 0 N–H and O–H groups in total. The average Bonchev–Trinajstić information content (AvgIpc) is 3.08. The molecule has 6 nitrogen and oxygen atoms in total. The topological polar surface area (TPSA) is 72.8 Å². The van der Waals surface area contributed by atoms with Crippen molar-refractivity contribution in [3.05, 3.63) is 90.5 Å². The van der Waals surface area contributed by atoms with Gasteiger partial charge in [-0.2, -0.15) is 5.10 Å². The Morgan fingerprint density at radius 2 is 2.03 bits per heavy atom. The second-order valence-electron chi connectivity index (χ2n) is 6.94. The van der Waals surface area contributed by atoms with Gasteiger partial charge in [0.25, 0.3) is 5.69 Å². The fraction of sp³-hybridized carbons (Fsp3) is 0.182. The van der Waals surface area contributed by atoms with Gasteiger partial charge in [0.05, 0.1) is 22.9 Å². The van der Waals surface area contributed by atoms with Crippen LogP contribution >= 0.6 is 27.3 Å². The van der Waals surface area contributed by atoms with E-state index in [4.69, 9.17) is 5.10 Å². The van der Waals surface area contributed by atoms with E-state index in [9.17, 15) is 10.1 Å². The molecule has 1 aromatic heterocycles. The number of aromatic nitrogens is 1. The molecule has 0 saturated carbocycles. The number of hydrogen-bond acceptors (Lipinski definition) is 5. The minimum atomic E-state index is -0.371. The van der Waals surface area contributed by atoms with Crippen LogP contribution in [0.4, 0.5) is 5.69 Å².